The van der Waals surface area contributed by atoms with Crippen LogP contribution in [0.25, 0.3) is 0 Å². The summed E-state index contributed by atoms with van der Waals surface area (Å²) in [5, 5.41) is 11.5. The minimum atomic E-state index is -0.999. The number of urea groups is 1. The number of hydrogen-bond donors (Lipinski definition) is 2. The van der Waals surface area contributed by atoms with E-state index in [1.54, 1.807) is 12.0 Å². The molecule has 2 atom stereocenters. The van der Waals surface area contributed by atoms with Crippen molar-refractivity contribution in [2.24, 2.45) is 0 Å². The number of carbonyl (C=O) groups is 2. The molecule has 0 heterocycles. The Bertz CT molecular complexity index is 271. The number of nitrogens with zero attached hydrogens (tertiary/aromatic N) is 1. The molecule has 0 radical (unpaired) electrons. The van der Waals surface area contributed by atoms with Crippen LogP contribution in [0.4, 0.5) is 4.79 Å². The number of methoxy groups -OCH3 is 1. The zero-order valence-electron chi connectivity index (χ0n) is 11.6. The van der Waals surface area contributed by atoms with E-state index in [0.717, 1.165) is 0 Å². The highest BCUT2D eigenvalue weighted by molar-refractivity contribution is 5.82. The summed E-state index contributed by atoms with van der Waals surface area (Å²) in [7, 11) is 1.57. The van der Waals surface area contributed by atoms with Gasteiger partial charge in [0.1, 0.15) is 6.04 Å². The zero-order valence-corrected chi connectivity index (χ0v) is 11.6. The number of aliphatic carboxylic acids is 1. The summed E-state index contributed by atoms with van der Waals surface area (Å²) < 4.78 is 5.00. The fraction of sp³-hybridized carbons (Fsp3) is 0.833. The summed E-state index contributed by atoms with van der Waals surface area (Å²) in [6.45, 7) is 6.53. The number of nitrogens with one attached hydrogen (secondary N) is 1. The minimum absolute atomic E-state index is 0.0870. The lowest BCUT2D eigenvalue weighted by Crippen LogP contribution is -2.51. The van der Waals surface area contributed by atoms with E-state index < -0.39 is 12.0 Å². The van der Waals surface area contributed by atoms with Crippen molar-refractivity contribution in [2.45, 2.75) is 45.7 Å². The van der Waals surface area contributed by atoms with Crippen molar-refractivity contribution in [3.63, 3.8) is 0 Å². The van der Waals surface area contributed by atoms with Gasteiger partial charge in [-0.05, 0) is 20.3 Å². The zero-order chi connectivity index (χ0) is 14.1. The van der Waals surface area contributed by atoms with E-state index in [1.807, 2.05) is 20.8 Å². The van der Waals surface area contributed by atoms with E-state index >= 15 is 0 Å². The van der Waals surface area contributed by atoms with Crippen LogP contribution in [0.3, 0.4) is 0 Å². The van der Waals surface area contributed by atoms with E-state index in [0.29, 0.717) is 26.0 Å². The van der Waals surface area contributed by atoms with Crippen molar-refractivity contribution >= 4 is 12.0 Å². The number of carboxylic acids is 1. The summed E-state index contributed by atoms with van der Waals surface area (Å²) in [6.07, 6.45) is 1.13. The summed E-state index contributed by atoms with van der Waals surface area (Å²) in [5.41, 5.74) is 0. The van der Waals surface area contributed by atoms with Gasteiger partial charge in [-0.15, -0.1) is 0 Å². The normalized spacial score (nSPS) is 13.8. The second-order valence-corrected chi connectivity index (χ2v) is 4.22. The first-order chi connectivity index (χ1) is 8.47. The van der Waals surface area contributed by atoms with Crippen molar-refractivity contribution in [2.75, 3.05) is 20.3 Å². The molecule has 0 saturated carbocycles. The van der Waals surface area contributed by atoms with Crippen LogP contribution in [0.2, 0.25) is 0 Å². The van der Waals surface area contributed by atoms with Gasteiger partial charge in [0.25, 0.3) is 0 Å². The molecule has 0 aromatic carbocycles. The lowest BCUT2D eigenvalue weighted by molar-refractivity contribution is -0.139. The largest absolute Gasteiger partial charge is 0.480 e. The molecule has 0 spiro atoms. The van der Waals surface area contributed by atoms with Gasteiger partial charge < -0.3 is 20.1 Å². The van der Waals surface area contributed by atoms with Gasteiger partial charge in [-0.2, -0.15) is 0 Å². The van der Waals surface area contributed by atoms with Crippen molar-refractivity contribution in [1.82, 2.24) is 10.2 Å². The molecule has 0 aliphatic carbocycles. The van der Waals surface area contributed by atoms with Crippen LogP contribution in [0.15, 0.2) is 0 Å². The summed E-state index contributed by atoms with van der Waals surface area (Å²) in [6, 6.07) is -1.27. The van der Waals surface area contributed by atoms with E-state index in [2.05, 4.69) is 5.32 Å². The van der Waals surface area contributed by atoms with Gasteiger partial charge in [-0.25, -0.2) is 9.59 Å². The topological polar surface area (TPSA) is 78.9 Å². The van der Waals surface area contributed by atoms with E-state index in [9.17, 15) is 9.59 Å². The van der Waals surface area contributed by atoms with Gasteiger partial charge in [-0.3, -0.25) is 0 Å². The summed E-state index contributed by atoms with van der Waals surface area (Å²) in [5.74, 6) is -0.999. The van der Waals surface area contributed by atoms with Crippen molar-refractivity contribution in [1.29, 1.82) is 0 Å². The van der Waals surface area contributed by atoms with Crippen molar-refractivity contribution in [3.05, 3.63) is 0 Å². The Morgan fingerprint density at radius 1 is 1.39 bits per heavy atom. The second-order valence-electron chi connectivity index (χ2n) is 4.22. The fourth-order valence-electron chi connectivity index (χ4n) is 1.76. The van der Waals surface area contributed by atoms with Gasteiger partial charge in [0, 0.05) is 13.7 Å². The molecular weight excluding hydrogens is 236 g/mol. The first-order valence-electron chi connectivity index (χ1n) is 6.26. The summed E-state index contributed by atoms with van der Waals surface area (Å²) >= 11 is 0. The first kappa shape index (κ1) is 16.7. The molecule has 2 amide bonds. The molecule has 0 rings (SSSR count). The number of rotatable bonds is 8. The summed E-state index contributed by atoms with van der Waals surface area (Å²) in [4.78, 5) is 24.5. The Hall–Kier alpha value is -1.30. The molecule has 2 N–H and O–H groups in total. The van der Waals surface area contributed by atoms with Crippen LogP contribution in [0.1, 0.15) is 33.6 Å². The van der Waals surface area contributed by atoms with Crippen LogP contribution < -0.4 is 5.32 Å². The van der Waals surface area contributed by atoms with E-state index in [1.165, 1.54) is 0 Å². The molecule has 106 valence electrons. The molecule has 2 unspecified atom stereocenters. The van der Waals surface area contributed by atoms with Gasteiger partial charge >= 0.3 is 12.0 Å². The number of amides is 2. The monoisotopic (exact) mass is 260 g/mol. The Balaban J connectivity index is 4.53. The van der Waals surface area contributed by atoms with E-state index in [4.69, 9.17) is 9.84 Å². The molecule has 6 heteroatoms. The maximum Gasteiger partial charge on any atom is 0.326 e. The lowest BCUT2D eigenvalue weighted by Gasteiger charge is -2.29. The van der Waals surface area contributed by atoms with Crippen LogP contribution in [0, 0.1) is 0 Å². The second kappa shape index (κ2) is 8.74. The Morgan fingerprint density at radius 2 is 2.00 bits per heavy atom. The molecule has 6 nitrogen and oxygen atoms in total. The van der Waals surface area contributed by atoms with Gasteiger partial charge in [0.05, 0.1) is 12.6 Å². The predicted octanol–water partition coefficient (Wildman–Crippen LogP) is 1.31. The molecule has 0 aromatic heterocycles. The third kappa shape index (κ3) is 5.35. The maximum atomic E-state index is 12.0. The van der Waals surface area contributed by atoms with Crippen LogP contribution >= 0.6 is 0 Å². The average Bonchev–Trinajstić information content (AvgIpc) is 2.29. The Morgan fingerprint density at radius 3 is 2.39 bits per heavy atom. The van der Waals surface area contributed by atoms with Gasteiger partial charge in [-0.1, -0.05) is 13.3 Å². The standard InChI is InChI=1S/C12H24N2O4/c1-5-7-10(11(15)16)13-12(17)14(6-2)9(3)8-18-4/h9-10H,5-8H2,1-4H3,(H,13,17)(H,15,16). The average molecular weight is 260 g/mol. The molecule has 18 heavy (non-hydrogen) atoms. The third-order valence-electron chi connectivity index (χ3n) is 2.71. The maximum absolute atomic E-state index is 12.0. The van der Waals surface area contributed by atoms with Crippen LogP contribution in [-0.4, -0.2) is 54.4 Å². The lowest BCUT2D eigenvalue weighted by atomic mass is 10.2. The molecule has 0 fully saturated rings. The highest BCUT2D eigenvalue weighted by Crippen LogP contribution is 2.03. The van der Waals surface area contributed by atoms with Gasteiger partial charge in [0.2, 0.25) is 0 Å². The van der Waals surface area contributed by atoms with Gasteiger partial charge in [0.15, 0.2) is 0 Å². The number of hydrogen-bond acceptors (Lipinski definition) is 3. The Kier molecular flexibility index (Phi) is 8.11. The van der Waals surface area contributed by atoms with Crippen molar-refractivity contribution < 1.29 is 19.4 Å². The minimum Gasteiger partial charge on any atom is -0.480 e. The molecule has 0 aromatic rings. The van der Waals surface area contributed by atoms with Crippen LogP contribution in [-0.2, 0) is 9.53 Å². The number of carbonyl (C=O) groups excluding carboxylic acids is 1. The quantitative estimate of drug-likeness (QED) is 0.689. The highest BCUT2D eigenvalue weighted by atomic mass is 16.5. The molecular formula is C12H24N2O4. The molecule has 0 aliphatic heterocycles. The molecule has 0 bridgehead atoms. The van der Waals surface area contributed by atoms with Crippen molar-refractivity contribution in [3.8, 4) is 0 Å². The number of likely N-dealkylation sites (N-methyl/N-ethyl adjacent to an activating group) is 1. The molecule has 0 aliphatic rings. The van der Waals surface area contributed by atoms with Crippen LogP contribution in [0.5, 0.6) is 0 Å². The number of carboxylic acid groups (broad SMARTS) is 1. The molecule has 0 saturated heterocycles. The number of ether oxygens (including phenoxy) is 1. The third-order valence-corrected chi connectivity index (χ3v) is 2.71. The SMILES string of the molecule is CCCC(NC(=O)N(CC)C(C)COC)C(=O)O. The Labute approximate surface area is 108 Å². The first-order valence-corrected chi connectivity index (χ1v) is 6.26. The van der Waals surface area contributed by atoms with E-state index in [-0.39, 0.29) is 12.1 Å². The smallest absolute Gasteiger partial charge is 0.326 e. The highest BCUT2D eigenvalue weighted by Gasteiger charge is 2.24. The fourth-order valence-corrected chi connectivity index (χ4v) is 1.76. The predicted molar refractivity (Wildman–Crippen MR) is 68.6 cm³/mol.